The van der Waals surface area contributed by atoms with E-state index in [-0.39, 0.29) is 29.6 Å². The molecule has 0 atom stereocenters. The van der Waals surface area contributed by atoms with Crippen molar-refractivity contribution >= 4 is 39.1 Å². The third kappa shape index (κ3) is 4.85. The summed E-state index contributed by atoms with van der Waals surface area (Å²) in [5.74, 6) is 0.271. The normalized spacial score (nSPS) is 19.5. The summed E-state index contributed by atoms with van der Waals surface area (Å²) in [5.41, 5.74) is 1.75. The van der Waals surface area contributed by atoms with Gasteiger partial charge in [-0.05, 0) is 54.7 Å². The fourth-order valence-electron chi connectivity index (χ4n) is 4.33. The van der Waals surface area contributed by atoms with Crippen LogP contribution in [0.1, 0.15) is 46.5 Å². The summed E-state index contributed by atoms with van der Waals surface area (Å²) in [5, 5.41) is 3.07. The van der Waals surface area contributed by atoms with Gasteiger partial charge in [0.25, 0.3) is 5.56 Å². The van der Waals surface area contributed by atoms with Crippen LogP contribution in [-0.4, -0.2) is 21.6 Å². The van der Waals surface area contributed by atoms with Crippen LogP contribution in [-0.2, 0) is 16.1 Å². The van der Waals surface area contributed by atoms with Gasteiger partial charge in [0.2, 0.25) is 0 Å². The second kappa shape index (κ2) is 8.75. The average Bonchev–Trinajstić information content (AvgIpc) is 3.15. The van der Waals surface area contributed by atoms with Gasteiger partial charge in [-0.15, -0.1) is 11.3 Å². The molecule has 0 amide bonds. The maximum atomic E-state index is 13.1. The van der Waals surface area contributed by atoms with E-state index < -0.39 is 0 Å². The van der Waals surface area contributed by atoms with Gasteiger partial charge < -0.3 is 4.74 Å². The molecule has 0 saturated heterocycles. The Hall–Kier alpha value is -2.18. The molecule has 0 unspecified atom stereocenters. The van der Waals surface area contributed by atoms with Crippen LogP contribution in [0, 0.1) is 11.3 Å². The van der Waals surface area contributed by atoms with Gasteiger partial charge in [-0.1, -0.05) is 44.5 Å². The quantitative estimate of drug-likeness (QED) is 0.455. The highest BCUT2D eigenvalue weighted by Gasteiger charge is 2.31. The zero-order valence-corrected chi connectivity index (χ0v) is 19.6. The number of benzene rings is 1. The molecular formula is C24H27ClN2O3S. The lowest BCUT2D eigenvalue weighted by atomic mass is 9.72. The molecule has 2 aromatic heterocycles. The van der Waals surface area contributed by atoms with Gasteiger partial charge in [-0.2, -0.15) is 0 Å². The molecule has 4 rings (SSSR count). The number of hydrogen-bond donors (Lipinski definition) is 0. The molecule has 1 aliphatic carbocycles. The zero-order valence-electron chi connectivity index (χ0n) is 18.1. The number of esters is 1. The summed E-state index contributed by atoms with van der Waals surface area (Å²) in [6.45, 7) is 6.67. The van der Waals surface area contributed by atoms with Gasteiger partial charge in [0.1, 0.15) is 17.5 Å². The number of nitrogens with zero attached hydrogens (tertiary/aromatic N) is 2. The van der Waals surface area contributed by atoms with Gasteiger partial charge in [-0.3, -0.25) is 14.2 Å². The van der Waals surface area contributed by atoms with E-state index in [2.05, 4.69) is 25.8 Å². The minimum Gasteiger partial charge on any atom is -0.461 e. The first-order chi connectivity index (χ1) is 14.7. The van der Waals surface area contributed by atoms with Gasteiger partial charge in [0.15, 0.2) is 0 Å². The Labute approximate surface area is 191 Å². The molecule has 0 bridgehead atoms. The van der Waals surface area contributed by atoms with Crippen LogP contribution in [0.3, 0.4) is 0 Å². The van der Waals surface area contributed by atoms with Crippen LogP contribution in [0.4, 0.5) is 0 Å². The topological polar surface area (TPSA) is 61.2 Å². The predicted octanol–water partition coefficient (Wildman–Crippen LogP) is 5.93. The molecular weight excluding hydrogens is 432 g/mol. The number of aromatic nitrogens is 2. The fourth-order valence-corrected chi connectivity index (χ4v) is 5.36. The highest BCUT2D eigenvalue weighted by Crippen LogP contribution is 2.38. The van der Waals surface area contributed by atoms with E-state index >= 15 is 0 Å². The number of halogens is 1. The van der Waals surface area contributed by atoms with E-state index in [0.29, 0.717) is 21.2 Å². The van der Waals surface area contributed by atoms with Crippen molar-refractivity contribution in [3.05, 3.63) is 51.3 Å². The maximum absolute atomic E-state index is 13.1. The van der Waals surface area contributed by atoms with Crippen molar-refractivity contribution in [2.45, 2.75) is 59.1 Å². The van der Waals surface area contributed by atoms with Gasteiger partial charge in [0, 0.05) is 16.0 Å². The summed E-state index contributed by atoms with van der Waals surface area (Å²) in [7, 11) is 0. The molecule has 164 valence electrons. The molecule has 0 radical (unpaired) electrons. The number of fused-ring (bicyclic) bond motifs is 1. The lowest BCUT2D eigenvalue weighted by Crippen LogP contribution is -2.32. The number of thiophene rings is 1. The Morgan fingerprint density at radius 3 is 2.52 bits per heavy atom. The molecule has 5 nitrogen and oxygen atoms in total. The standard InChI is InChI=1S/C24H27ClN2O3S/c1-24(2,3)16-6-10-18(11-7-16)30-20(28)12-27-14-26-22-21(23(27)29)19(13-31-22)15-4-8-17(25)9-5-15/h4-5,8-9,13-14,16,18H,6-7,10-12H2,1-3H3. The lowest BCUT2D eigenvalue weighted by molar-refractivity contribution is -0.152. The van der Waals surface area contributed by atoms with E-state index in [1.165, 1.54) is 22.2 Å². The van der Waals surface area contributed by atoms with E-state index in [4.69, 9.17) is 16.3 Å². The van der Waals surface area contributed by atoms with E-state index in [9.17, 15) is 9.59 Å². The van der Waals surface area contributed by atoms with Crippen molar-refractivity contribution in [2.24, 2.45) is 11.3 Å². The van der Waals surface area contributed by atoms with Gasteiger partial charge in [0.05, 0.1) is 11.7 Å². The van der Waals surface area contributed by atoms with Crippen LogP contribution < -0.4 is 5.56 Å². The van der Waals surface area contributed by atoms with Crippen LogP contribution in [0.25, 0.3) is 21.3 Å². The summed E-state index contributed by atoms with van der Waals surface area (Å²) >= 11 is 7.40. The Morgan fingerprint density at radius 1 is 1.19 bits per heavy atom. The highest BCUT2D eigenvalue weighted by molar-refractivity contribution is 7.17. The summed E-state index contributed by atoms with van der Waals surface area (Å²) in [6.07, 6.45) is 5.26. The van der Waals surface area contributed by atoms with Gasteiger partial charge >= 0.3 is 5.97 Å². The number of carbonyl (C=O) groups is 1. The van der Waals surface area contributed by atoms with E-state index in [1.54, 1.807) is 12.1 Å². The second-order valence-corrected chi connectivity index (χ2v) is 10.6. The Balaban J connectivity index is 1.48. The van der Waals surface area contributed by atoms with E-state index in [1.807, 2.05) is 17.5 Å². The van der Waals surface area contributed by atoms with Crippen molar-refractivity contribution < 1.29 is 9.53 Å². The number of ether oxygens (including phenoxy) is 1. The van der Waals surface area contributed by atoms with Crippen molar-refractivity contribution in [1.29, 1.82) is 0 Å². The fraction of sp³-hybridized carbons (Fsp3) is 0.458. The van der Waals surface area contributed by atoms with Crippen LogP contribution in [0.2, 0.25) is 5.02 Å². The summed E-state index contributed by atoms with van der Waals surface area (Å²) in [4.78, 5) is 30.7. The number of rotatable bonds is 4. The first-order valence-corrected chi connectivity index (χ1v) is 11.9. The van der Waals surface area contributed by atoms with Crippen molar-refractivity contribution in [3.8, 4) is 11.1 Å². The maximum Gasteiger partial charge on any atom is 0.326 e. The first kappa shape index (κ1) is 22.0. The molecule has 1 fully saturated rings. The van der Waals surface area contributed by atoms with Crippen molar-refractivity contribution in [3.63, 3.8) is 0 Å². The minimum atomic E-state index is -0.384. The molecule has 1 saturated carbocycles. The lowest BCUT2D eigenvalue weighted by Gasteiger charge is -2.36. The third-order valence-electron chi connectivity index (χ3n) is 6.21. The molecule has 31 heavy (non-hydrogen) atoms. The molecule has 1 aromatic carbocycles. The molecule has 0 aliphatic heterocycles. The monoisotopic (exact) mass is 458 g/mol. The predicted molar refractivity (Wildman–Crippen MR) is 126 cm³/mol. The SMILES string of the molecule is CC(C)(C)C1CCC(OC(=O)Cn2cnc3scc(-c4ccc(Cl)cc4)c3c2=O)CC1. The van der Waals surface area contributed by atoms with E-state index in [0.717, 1.165) is 36.8 Å². The molecule has 2 heterocycles. The van der Waals surface area contributed by atoms with Gasteiger partial charge in [-0.25, -0.2) is 4.98 Å². The Morgan fingerprint density at radius 2 is 1.87 bits per heavy atom. The number of carbonyl (C=O) groups excluding carboxylic acids is 1. The highest BCUT2D eigenvalue weighted by atomic mass is 35.5. The Kier molecular flexibility index (Phi) is 6.22. The minimum absolute atomic E-state index is 0.0655. The van der Waals surface area contributed by atoms with Crippen LogP contribution in [0.15, 0.2) is 40.8 Å². The largest absolute Gasteiger partial charge is 0.461 e. The summed E-state index contributed by atoms with van der Waals surface area (Å²) in [6, 6.07) is 7.34. The number of hydrogen-bond acceptors (Lipinski definition) is 5. The zero-order chi connectivity index (χ0) is 22.2. The summed E-state index contributed by atoms with van der Waals surface area (Å²) < 4.78 is 7.04. The van der Waals surface area contributed by atoms with Crippen molar-refractivity contribution in [1.82, 2.24) is 9.55 Å². The van der Waals surface area contributed by atoms with Crippen LogP contribution >= 0.6 is 22.9 Å². The molecule has 0 N–H and O–H groups in total. The smallest absolute Gasteiger partial charge is 0.326 e. The third-order valence-corrected chi connectivity index (χ3v) is 7.35. The molecule has 0 spiro atoms. The molecule has 7 heteroatoms. The van der Waals surface area contributed by atoms with Crippen molar-refractivity contribution in [2.75, 3.05) is 0 Å². The molecule has 1 aliphatic rings. The Bertz CT molecular complexity index is 1140. The molecule has 3 aromatic rings. The first-order valence-electron chi connectivity index (χ1n) is 10.6. The van der Waals surface area contributed by atoms with Crippen LogP contribution in [0.5, 0.6) is 0 Å². The second-order valence-electron chi connectivity index (χ2n) is 9.34. The average molecular weight is 459 g/mol.